The second-order valence-electron chi connectivity index (χ2n) is 6.38. The molecule has 0 aromatic heterocycles. The van der Waals surface area contributed by atoms with E-state index in [1.54, 1.807) is 11.9 Å². The van der Waals surface area contributed by atoms with Gasteiger partial charge in [0.2, 0.25) is 5.91 Å². The summed E-state index contributed by atoms with van der Waals surface area (Å²) in [5.74, 6) is -1.24. The Labute approximate surface area is 144 Å². The van der Waals surface area contributed by atoms with Crippen molar-refractivity contribution in [1.29, 1.82) is 0 Å². The van der Waals surface area contributed by atoms with Gasteiger partial charge in [0, 0.05) is 12.6 Å². The Hall–Kier alpha value is -2.09. The van der Waals surface area contributed by atoms with Gasteiger partial charge in [-0.15, -0.1) is 0 Å². The third-order valence-corrected chi connectivity index (χ3v) is 4.35. The minimum absolute atomic E-state index is 0.0510. The highest BCUT2D eigenvalue weighted by molar-refractivity contribution is 5.80. The SMILES string of the molecule is CC(C(=O)O)N(C)CC(=O)N(Cc1ccc(C(F)(F)F)cc1)C1CC1. The van der Waals surface area contributed by atoms with E-state index >= 15 is 0 Å². The second kappa shape index (κ2) is 7.43. The molecule has 1 N–H and O–H groups in total. The van der Waals surface area contributed by atoms with Crippen molar-refractivity contribution in [2.75, 3.05) is 13.6 Å². The van der Waals surface area contributed by atoms with Crippen LogP contribution in [0.25, 0.3) is 0 Å². The quantitative estimate of drug-likeness (QED) is 0.814. The smallest absolute Gasteiger partial charge is 0.416 e. The number of amides is 1. The molecule has 1 aromatic rings. The second-order valence-corrected chi connectivity index (χ2v) is 6.38. The fourth-order valence-corrected chi connectivity index (χ4v) is 2.43. The summed E-state index contributed by atoms with van der Waals surface area (Å²) < 4.78 is 37.8. The van der Waals surface area contributed by atoms with Crippen LogP contribution in [0.1, 0.15) is 30.9 Å². The fourth-order valence-electron chi connectivity index (χ4n) is 2.43. The number of halogens is 3. The van der Waals surface area contributed by atoms with E-state index in [9.17, 15) is 22.8 Å². The van der Waals surface area contributed by atoms with Crippen LogP contribution in [0, 0.1) is 0 Å². The maximum absolute atomic E-state index is 12.6. The molecule has 1 amide bonds. The molecule has 138 valence electrons. The number of likely N-dealkylation sites (N-methyl/N-ethyl adjacent to an activating group) is 1. The molecule has 1 aliphatic carbocycles. The van der Waals surface area contributed by atoms with Gasteiger partial charge >= 0.3 is 12.1 Å². The molecule has 0 saturated heterocycles. The largest absolute Gasteiger partial charge is 0.480 e. The van der Waals surface area contributed by atoms with Crippen molar-refractivity contribution >= 4 is 11.9 Å². The Morgan fingerprint density at radius 3 is 2.24 bits per heavy atom. The minimum atomic E-state index is -4.39. The van der Waals surface area contributed by atoms with E-state index in [1.165, 1.54) is 24.0 Å². The lowest BCUT2D eigenvalue weighted by atomic mass is 10.1. The Morgan fingerprint density at radius 1 is 1.24 bits per heavy atom. The summed E-state index contributed by atoms with van der Waals surface area (Å²) >= 11 is 0. The molecule has 0 heterocycles. The van der Waals surface area contributed by atoms with Gasteiger partial charge in [-0.2, -0.15) is 13.2 Å². The Morgan fingerprint density at radius 2 is 1.80 bits per heavy atom. The lowest BCUT2D eigenvalue weighted by molar-refractivity contribution is -0.143. The average molecular weight is 358 g/mol. The molecular weight excluding hydrogens is 337 g/mol. The summed E-state index contributed by atoms with van der Waals surface area (Å²) in [5.41, 5.74) is -0.113. The van der Waals surface area contributed by atoms with Crippen LogP contribution in [0.15, 0.2) is 24.3 Å². The van der Waals surface area contributed by atoms with E-state index in [0.717, 1.165) is 25.0 Å². The molecule has 1 unspecified atom stereocenters. The third kappa shape index (κ3) is 5.19. The van der Waals surface area contributed by atoms with Crippen LogP contribution >= 0.6 is 0 Å². The molecule has 1 fully saturated rings. The van der Waals surface area contributed by atoms with Crippen LogP contribution in [0.2, 0.25) is 0 Å². The highest BCUT2D eigenvalue weighted by atomic mass is 19.4. The molecule has 25 heavy (non-hydrogen) atoms. The summed E-state index contributed by atoms with van der Waals surface area (Å²) in [6.07, 6.45) is -2.69. The predicted molar refractivity (Wildman–Crippen MR) is 84.7 cm³/mol. The zero-order valence-corrected chi connectivity index (χ0v) is 14.1. The van der Waals surface area contributed by atoms with E-state index in [0.29, 0.717) is 5.56 Å². The fraction of sp³-hybridized carbons (Fsp3) is 0.529. The number of alkyl halides is 3. The number of rotatable bonds is 7. The van der Waals surface area contributed by atoms with Crippen LogP contribution in [-0.4, -0.2) is 52.5 Å². The number of benzene rings is 1. The van der Waals surface area contributed by atoms with E-state index in [2.05, 4.69) is 0 Å². The molecule has 1 atom stereocenters. The zero-order chi connectivity index (χ0) is 18.8. The first-order valence-electron chi connectivity index (χ1n) is 7.98. The standard InChI is InChI=1S/C17H21F3N2O3/c1-11(16(24)25)21(2)10-15(23)22(14-7-8-14)9-12-3-5-13(6-4-12)17(18,19)20/h3-6,11,14H,7-10H2,1-2H3,(H,24,25). The highest BCUT2D eigenvalue weighted by Gasteiger charge is 2.34. The molecule has 8 heteroatoms. The van der Waals surface area contributed by atoms with E-state index in [1.807, 2.05) is 0 Å². The van der Waals surface area contributed by atoms with Gasteiger partial charge in [-0.25, -0.2) is 0 Å². The van der Waals surface area contributed by atoms with Crippen LogP contribution in [-0.2, 0) is 22.3 Å². The number of carbonyl (C=O) groups is 2. The highest BCUT2D eigenvalue weighted by Crippen LogP contribution is 2.31. The van der Waals surface area contributed by atoms with Crippen molar-refractivity contribution in [3.63, 3.8) is 0 Å². The van der Waals surface area contributed by atoms with Gasteiger partial charge < -0.3 is 10.0 Å². The minimum Gasteiger partial charge on any atom is -0.480 e. The molecule has 5 nitrogen and oxygen atoms in total. The first-order valence-corrected chi connectivity index (χ1v) is 7.98. The summed E-state index contributed by atoms with van der Waals surface area (Å²) in [4.78, 5) is 26.5. The molecule has 0 bridgehead atoms. The maximum atomic E-state index is 12.6. The number of carboxylic acids is 1. The molecule has 0 aliphatic heterocycles. The van der Waals surface area contributed by atoms with Crippen molar-refractivity contribution in [3.8, 4) is 0 Å². The van der Waals surface area contributed by atoms with Gasteiger partial charge in [0.25, 0.3) is 0 Å². The topological polar surface area (TPSA) is 60.9 Å². The summed E-state index contributed by atoms with van der Waals surface area (Å²) in [6, 6.07) is 4.02. The van der Waals surface area contributed by atoms with Gasteiger partial charge in [-0.1, -0.05) is 12.1 Å². The number of aliphatic carboxylic acids is 1. The van der Waals surface area contributed by atoms with Crippen LogP contribution < -0.4 is 0 Å². The normalized spacial score (nSPS) is 15.9. The van der Waals surface area contributed by atoms with Crippen molar-refractivity contribution in [1.82, 2.24) is 9.80 Å². The third-order valence-electron chi connectivity index (χ3n) is 4.35. The Balaban J connectivity index is 2.03. The van der Waals surface area contributed by atoms with Gasteiger partial charge in [-0.05, 0) is 44.5 Å². The number of carbonyl (C=O) groups excluding carboxylic acids is 1. The van der Waals surface area contributed by atoms with Gasteiger partial charge in [0.15, 0.2) is 0 Å². The Bertz CT molecular complexity index is 627. The molecule has 1 aliphatic rings. The van der Waals surface area contributed by atoms with E-state index < -0.39 is 23.8 Å². The lowest BCUT2D eigenvalue weighted by Crippen LogP contribution is -2.45. The van der Waals surface area contributed by atoms with Gasteiger partial charge in [0.1, 0.15) is 6.04 Å². The van der Waals surface area contributed by atoms with Crippen LogP contribution in [0.4, 0.5) is 13.2 Å². The van der Waals surface area contributed by atoms with Gasteiger partial charge in [0.05, 0.1) is 12.1 Å². The van der Waals surface area contributed by atoms with E-state index in [4.69, 9.17) is 5.11 Å². The first kappa shape index (κ1) is 19.2. The van der Waals surface area contributed by atoms with Crippen LogP contribution in [0.3, 0.4) is 0 Å². The molecule has 2 rings (SSSR count). The van der Waals surface area contributed by atoms with Crippen molar-refractivity contribution in [3.05, 3.63) is 35.4 Å². The van der Waals surface area contributed by atoms with Gasteiger partial charge in [-0.3, -0.25) is 14.5 Å². The number of hydrogen-bond donors (Lipinski definition) is 1. The lowest BCUT2D eigenvalue weighted by Gasteiger charge is -2.27. The molecular formula is C17H21F3N2O3. The Kier molecular flexibility index (Phi) is 5.72. The van der Waals surface area contributed by atoms with E-state index in [-0.39, 0.29) is 25.0 Å². The first-order chi connectivity index (χ1) is 11.6. The average Bonchev–Trinajstić information content (AvgIpc) is 3.35. The predicted octanol–water partition coefficient (Wildman–Crippen LogP) is 2.60. The number of hydrogen-bond acceptors (Lipinski definition) is 3. The molecule has 0 radical (unpaired) electrons. The number of nitrogens with zero attached hydrogens (tertiary/aromatic N) is 2. The molecule has 1 saturated carbocycles. The van der Waals surface area contributed by atoms with Crippen molar-refractivity contribution < 1.29 is 27.9 Å². The van der Waals surface area contributed by atoms with Crippen LogP contribution in [0.5, 0.6) is 0 Å². The molecule has 1 aromatic carbocycles. The van der Waals surface area contributed by atoms with Crippen molar-refractivity contribution in [2.24, 2.45) is 0 Å². The zero-order valence-electron chi connectivity index (χ0n) is 14.1. The summed E-state index contributed by atoms with van der Waals surface area (Å²) in [6.45, 7) is 1.66. The maximum Gasteiger partial charge on any atom is 0.416 e. The molecule has 0 spiro atoms. The van der Waals surface area contributed by atoms with Crippen molar-refractivity contribution in [2.45, 2.75) is 44.6 Å². The number of carboxylic acid groups (broad SMARTS) is 1. The monoisotopic (exact) mass is 358 g/mol. The summed E-state index contributed by atoms with van der Waals surface area (Å²) in [5, 5.41) is 8.99. The summed E-state index contributed by atoms with van der Waals surface area (Å²) in [7, 11) is 1.56.